The van der Waals surface area contributed by atoms with Crippen LogP contribution in [0.2, 0.25) is 0 Å². The number of pyridine rings is 1. The molecule has 0 bridgehead atoms. The third kappa shape index (κ3) is 3.68. The van der Waals surface area contributed by atoms with Gasteiger partial charge in [0.25, 0.3) is 0 Å². The monoisotopic (exact) mass is 352 g/mol. The Morgan fingerprint density at radius 1 is 1.33 bits per heavy atom. The van der Waals surface area contributed by atoms with Crippen molar-refractivity contribution in [2.45, 2.75) is 23.0 Å². The number of aryl methyl sites for hydroxylation is 1. The number of carbonyl (C=O) groups is 1. The van der Waals surface area contributed by atoms with E-state index in [9.17, 15) is 18.0 Å². The molecule has 1 aromatic heterocycles. The average molecular weight is 352 g/mol. The molecule has 24 heavy (non-hydrogen) atoms. The van der Waals surface area contributed by atoms with E-state index in [1.54, 1.807) is 24.3 Å². The third-order valence-electron chi connectivity index (χ3n) is 3.03. The van der Waals surface area contributed by atoms with Crippen molar-refractivity contribution in [1.82, 2.24) is 4.98 Å². The molecule has 4 nitrogen and oxygen atoms in total. The van der Waals surface area contributed by atoms with Crippen LogP contribution in [0.4, 0.5) is 13.2 Å². The van der Waals surface area contributed by atoms with Crippen LogP contribution in [-0.2, 0) is 10.9 Å². The fourth-order valence-electron chi connectivity index (χ4n) is 1.99. The van der Waals surface area contributed by atoms with Gasteiger partial charge in [0.1, 0.15) is 11.1 Å². The van der Waals surface area contributed by atoms with Gasteiger partial charge in [-0.3, -0.25) is 0 Å². The molecule has 1 heterocycles. The van der Waals surface area contributed by atoms with Gasteiger partial charge in [0.2, 0.25) is 0 Å². The summed E-state index contributed by atoms with van der Waals surface area (Å²) < 4.78 is 44.1. The molecule has 0 aliphatic carbocycles. The zero-order chi connectivity index (χ0) is 17.9. The van der Waals surface area contributed by atoms with Gasteiger partial charge in [-0.15, -0.1) is 0 Å². The maximum atomic E-state index is 13.1. The van der Waals surface area contributed by atoms with Crippen molar-refractivity contribution in [2.75, 3.05) is 7.11 Å². The Morgan fingerprint density at radius 2 is 2.00 bits per heavy atom. The Kier molecular flexibility index (Phi) is 5.14. The number of halogens is 3. The molecule has 2 aromatic rings. The van der Waals surface area contributed by atoms with Gasteiger partial charge in [-0.25, -0.2) is 9.78 Å². The number of aromatic nitrogens is 1. The average Bonchev–Trinajstić information content (AvgIpc) is 2.53. The molecule has 124 valence electrons. The minimum absolute atomic E-state index is 0.110. The molecule has 0 N–H and O–H groups in total. The van der Waals surface area contributed by atoms with Crippen LogP contribution >= 0.6 is 11.8 Å². The van der Waals surface area contributed by atoms with E-state index in [-0.39, 0.29) is 16.3 Å². The second kappa shape index (κ2) is 6.93. The molecule has 0 fully saturated rings. The molecule has 0 unspecified atom stereocenters. The number of hydrogen-bond donors (Lipinski definition) is 0. The van der Waals surface area contributed by atoms with E-state index in [1.165, 1.54) is 20.1 Å². The van der Waals surface area contributed by atoms with Crippen LogP contribution < -0.4 is 0 Å². The number of hydrogen-bond acceptors (Lipinski definition) is 5. The quantitative estimate of drug-likeness (QED) is 0.774. The predicted molar refractivity (Wildman–Crippen MR) is 80.6 cm³/mol. The van der Waals surface area contributed by atoms with Crippen molar-refractivity contribution in [2.24, 2.45) is 0 Å². The minimum Gasteiger partial charge on any atom is -0.465 e. The maximum Gasteiger partial charge on any atom is 0.417 e. The Balaban J connectivity index is 2.58. The summed E-state index contributed by atoms with van der Waals surface area (Å²) in [5.41, 5.74) is -1.31. The number of methoxy groups -OCH3 is 1. The Labute approximate surface area is 140 Å². The van der Waals surface area contributed by atoms with Crippen molar-refractivity contribution in [3.05, 3.63) is 52.7 Å². The molecule has 1 aromatic carbocycles. The molecular formula is C16H11F3N2O2S. The first-order chi connectivity index (χ1) is 11.3. The van der Waals surface area contributed by atoms with Crippen LogP contribution in [0.5, 0.6) is 0 Å². The number of carbonyl (C=O) groups excluding carboxylic acids is 1. The minimum atomic E-state index is -4.67. The SMILES string of the molecule is COC(=O)c1ccccc1Sc1nc(C)cc(C(F)(F)F)c1C#N. The van der Waals surface area contributed by atoms with Gasteiger partial charge in [0.15, 0.2) is 0 Å². The normalized spacial score (nSPS) is 11.0. The van der Waals surface area contributed by atoms with Gasteiger partial charge >= 0.3 is 12.1 Å². The number of nitrogens with zero attached hydrogens (tertiary/aromatic N) is 2. The van der Waals surface area contributed by atoms with Crippen LogP contribution in [0.25, 0.3) is 0 Å². The van der Waals surface area contributed by atoms with Crippen LogP contribution in [0.3, 0.4) is 0 Å². The Hall–Kier alpha value is -2.53. The van der Waals surface area contributed by atoms with Crippen LogP contribution in [0, 0.1) is 18.3 Å². The topological polar surface area (TPSA) is 63.0 Å². The zero-order valence-electron chi connectivity index (χ0n) is 12.6. The van der Waals surface area contributed by atoms with E-state index >= 15 is 0 Å². The predicted octanol–water partition coefficient (Wildman–Crippen LogP) is 4.22. The molecule has 0 spiro atoms. The highest BCUT2D eigenvalue weighted by molar-refractivity contribution is 7.99. The lowest BCUT2D eigenvalue weighted by atomic mass is 10.1. The fraction of sp³-hybridized carbons (Fsp3) is 0.188. The lowest BCUT2D eigenvalue weighted by Crippen LogP contribution is -2.11. The molecule has 8 heteroatoms. The van der Waals surface area contributed by atoms with E-state index in [1.807, 2.05) is 0 Å². The van der Waals surface area contributed by atoms with Crippen LogP contribution in [0.15, 0.2) is 40.3 Å². The molecule has 0 amide bonds. The van der Waals surface area contributed by atoms with Crippen LogP contribution in [0.1, 0.15) is 27.2 Å². The third-order valence-corrected chi connectivity index (χ3v) is 4.10. The highest BCUT2D eigenvalue weighted by Gasteiger charge is 2.35. The van der Waals surface area contributed by atoms with E-state index in [0.29, 0.717) is 4.90 Å². The van der Waals surface area contributed by atoms with E-state index in [0.717, 1.165) is 17.8 Å². The van der Waals surface area contributed by atoms with Crippen molar-refractivity contribution >= 4 is 17.7 Å². The molecular weight excluding hydrogens is 341 g/mol. The number of alkyl halides is 3. The second-order valence-corrected chi connectivity index (χ2v) is 5.72. The molecule has 0 saturated carbocycles. The Morgan fingerprint density at radius 3 is 2.58 bits per heavy atom. The summed E-state index contributed by atoms with van der Waals surface area (Å²) in [5.74, 6) is -0.625. The largest absolute Gasteiger partial charge is 0.465 e. The van der Waals surface area contributed by atoms with Gasteiger partial charge in [-0.05, 0) is 25.1 Å². The summed E-state index contributed by atoms with van der Waals surface area (Å²) >= 11 is 0.819. The highest BCUT2D eigenvalue weighted by Crippen LogP contribution is 2.38. The van der Waals surface area contributed by atoms with Gasteiger partial charge in [-0.2, -0.15) is 18.4 Å². The first kappa shape index (κ1) is 17.8. The van der Waals surface area contributed by atoms with Crippen molar-refractivity contribution < 1.29 is 22.7 Å². The Bertz CT molecular complexity index is 829. The summed E-state index contributed by atoms with van der Waals surface area (Å²) in [4.78, 5) is 16.2. The van der Waals surface area contributed by atoms with Crippen LogP contribution in [-0.4, -0.2) is 18.1 Å². The maximum absolute atomic E-state index is 13.1. The number of benzene rings is 1. The standard InChI is InChI=1S/C16H11F3N2O2S/c1-9-7-12(16(17,18)19)11(8-20)14(21-9)24-13-6-4-3-5-10(13)15(22)23-2/h3-7H,1-2H3. The van der Waals surface area contributed by atoms with Gasteiger partial charge in [-0.1, -0.05) is 23.9 Å². The van der Waals surface area contributed by atoms with E-state index < -0.39 is 23.3 Å². The molecule has 0 atom stereocenters. The molecule has 2 rings (SSSR count). The summed E-state index contributed by atoms with van der Waals surface area (Å²) in [6.45, 7) is 1.41. The molecule has 0 aliphatic rings. The van der Waals surface area contributed by atoms with Gasteiger partial charge in [0.05, 0.1) is 23.8 Å². The molecule has 0 saturated heterocycles. The number of nitriles is 1. The lowest BCUT2D eigenvalue weighted by Gasteiger charge is -2.13. The summed E-state index contributed by atoms with van der Waals surface area (Å²) in [6.07, 6.45) is -4.67. The van der Waals surface area contributed by atoms with Crippen molar-refractivity contribution in [3.63, 3.8) is 0 Å². The van der Waals surface area contributed by atoms with Crippen molar-refractivity contribution in [1.29, 1.82) is 5.26 Å². The van der Waals surface area contributed by atoms with E-state index in [2.05, 4.69) is 9.72 Å². The molecule has 0 radical (unpaired) electrons. The fourth-order valence-corrected chi connectivity index (χ4v) is 3.05. The first-order valence-corrected chi connectivity index (χ1v) is 7.43. The summed E-state index contributed by atoms with van der Waals surface area (Å²) in [5, 5.41) is 9.05. The lowest BCUT2D eigenvalue weighted by molar-refractivity contribution is -0.138. The highest BCUT2D eigenvalue weighted by atomic mass is 32.2. The second-order valence-electron chi connectivity index (χ2n) is 4.69. The smallest absolute Gasteiger partial charge is 0.417 e. The first-order valence-electron chi connectivity index (χ1n) is 6.62. The zero-order valence-corrected chi connectivity index (χ0v) is 13.5. The molecule has 0 aliphatic heterocycles. The van der Waals surface area contributed by atoms with Crippen molar-refractivity contribution in [3.8, 4) is 6.07 Å². The van der Waals surface area contributed by atoms with E-state index in [4.69, 9.17) is 5.26 Å². The number of esters is 1. The van der Waals surface area contributed by atoms with Gasteiger partial charge in [0, 0.05) is 10.6 Å². The summed E-state index contributed by atoms with van der Waals surface area (Å²) in [6, 6.07) is 8.66. The van der Waals surface area contributed by atoms with Gasteiger partial charge < -0.3 is 4.74 Å². The number of ether oxygens (including phenoxy) is 1. The summed E-state index contributed by atoms with van der Waals surface area (Å²) in [7, 11) is 1.21. The number of rotatable bonds is 3.